The number of ether oxygens (including phenoxy) is 2. The van der Waals surface area contributed by atoms with E-state index < -0.39 is 0 Å². The highest BCUT2D eigenvalue weighted by Crippen LogP contribution is 2.31. The summed E-state index contributed by atoms with van der Waals surface area (Å²) in [6.07, 6.45) is 5.02. The molecule has 0 fully saturated rings. The minimum atomic E-state index is -0.0120. The van der Waals surface area contributed by atoms with Crippen LogP contribution in [0.25, 0.3) is 0 Å². The van der Waals surface area contributed by atoms with Crippen LogP contribution < -0.4 is 9.47 Å². The summed E-state index contributed by atoms with van der Waals surface area (Å²) in [4.78, 5) is 14.5. The van der Waals surface area contributed by atoms with Crippen molar-refractivity contribution in [2.75, 3.05) is 19.8 Å². The second kappa shape index (κ2) is 7.22. The molecule has 0 saturated carbocycles. The predicted molar refractivity (Wildman–Crippen MR) is 85.8 cm³/mol. The molecule has 0 N–H and O–H groups in total. The quantitative estimate of drug-likeness (QED) is 0.819. The SMILES string of the molecule is CCCCN(Cc1ccc2c(c1)OCCO2)C(=O)c1ccoc1. The topological polar surface area (TPSA) is 51.9 Å². The van der Waals surface area contributed by atoms with Gasteiger partial charge in [0, 0.05) is 13.1 Å². The van der Waals surface area contributed by atoms with Crippen LogP contribution in [-0.2, 0) is 6.54 Å². The van der Waals surface area contributed by atoms with Crippen molar-refractivity contribution in [1.82, 2.24) is 4.90 Å². The number of fused-ring (bicyclic) bond motifs is 1. The maximum atomic E-state index is 12.6. The van der Waals surface area contributed by atoms with Crippen LogP contribution in [0.5, 0.6) is 11.5 Å². The summed E-state index contributed by atoms with van der Waals surface area (Å²) in [6, 6.07) is 7.54. The third-order valence-corrected chi connectivity index (χ3v) is 3.82. The van der Waals surface area contributed by atoms with Crippen LogP contribution in [0, 0.1) is 0 Å². The highest BCUT2D eigenvalue weighted by atomic mass is 16.6. The molecule has 0 spiro atoms. The maximum absolute atomic E-state index is 12.6. The summed E-state index contributed by atoms with van der Waals surface area (Å²) in [5.41, 5.74) is 1.61. The van der Waals surface area contributed by atoms with Crippen LogP contribution in [0.2, 0.25) is 0 Å². The molecule has 0 bridgehead atoms. The highest BCUT2D eigenvalue weighted by Gasteiger charge is 2.18. The summed E-state index contributed by atoms with van der Waals surface area (Å²) < 4.78 is 16.2. The Morgan fingerprint density at radius 2 is 2.00 bits per heavy atom. The molecule has 5 heteroatoms. The lowest BCUT2D eigenvalue weighted by Crippen LogP contribution is -2.31. The van der Waals surface area contributed by atoms with E-state index in [9.17, 15) is 4.79 Å². The number of carbonyl (C=O) groups is 1. The van der Waals surface area contributed by atoms with Gasteiger partial charge in [-0.05, 0) is 30.2 Å². The van der Waals surface area contributed by atoms with Crippen molar-refractivity contribution in [3.05, 3.63) is 47.9 Å². The van der Waals surface area contributed by atoms with Crippen molar-refractivity contribution < 1.29 is 18.7 Å². The zero-order chi connectivity index (χ0) is 16.1. The van der Waals surface area contributed by atoms with Gasteiger partial charge in [0.25, 0.3) is 5.91 Å². The molecule has 3 rings (SSSR count). The normalized spacial score (nSPS) is 12.9. The van der Waals surface area contributed by atoms with E-state index in [1.54, 1.807) is 6.07 Å². The number of furan rings is 1. The number of hydrogen-bond donors (Lipinski definition) is 0. The lowest BCUT2D eigenvalue weighted by molar-refractivity contribution is 0.0739. The van der Waals surface area contributed by atoms with Gasteiger partial charge in [0.2, 0.25) is 0 Å². The Morgan fingerprint density at radius 3 is 2.74 bits per heavy atom. The summed E-state index contributed by atoms with van der Waals surface area (Å²) in [6.45, 7) is 4.51. The third-order valence-electron chi connectivity index (χ3n) is 3.82. The number of rotatable bonds is 6. The minimum Gasteiger partial charge on any atom is -0.486 e. The first-order valence-electron chi connectivity index (χ1n) is 7.98. The summed E-state index contributed by atoms with van der Waals surface area (Å²) in [5, 5.41) is 0. The molecule has 0 unspecified atom stereocenters. The van der Waals surface area contributed by atoms with Crippen molar-refractivity contribution in [1.29, 1.82) is 0 Å². The molecular weight excluding hydrogens is 294 g/mol. The van der Waals surface area contributed by atoms with E-state index in [1.165, 1.54) is 12.5 Å². The Morgan fingerprint density at radius 1 is 1.17 bits per heavy atom. The Kier molecular flexibility index (Phi) is 4.86. The Hall–Kier alpha value is -2.43. The van der Waals surface area contributed by atoms with Gasteiger partial charge in [-0.15, -0.1) is 0 Å². The molecule has 23 heavy (non-hydrogen) atoms. The molecule has 0 radical (unpaired) electrons. The average molecular weight is 315 g/mol. The molecule has 1 amide bonds. The molecule has 0 saturated heterocycles. The Balaban J connectivity index is 1.76. The monoisotopic (exact) mass is 315 g/mol. The largest absolute Gasteiger partial charge is 0.486 e. The van der Waals surface area contributed by atoms with Gasteiger partial charge in [0.05, 0.1) is 11.8 Å². The fraction of sp³-hybridized carbons (Fsp3) is 0.389. The van der Waals surface area contributed by atoms with Gasteiger partial charge in [-0.3, -0.25) is 4.79 Å². The molecular formula is C18H21NO4. The standard InChI is InChI=1S/C18H21NO4/c1-2-3-7-19(18(20)15-6-8-21-13-15)12-14-4-5-16-17(11-14)23-10-9-22-16/h4-6,8,11,13H,2-3,7,9-10,12H2,1H3. The molecule has 2 aromatic rings. The number of carbonyl (C=O) groups excluding carboxylic acids is 1. The molecule has 1 aliphatic heterocycles. The van der Waals surface area contributed by atoms with Gasteiger partial charge in [-0.2, -0.15) is 0 Å². The van der Waals surface area contributed by atoms with Gasteiger partial charge in [0.1, 0.15) is 19.5 Å². The second-order valence-corrected chi connectivity index (χ2v) is 5.57. The highest BCUT2D eigenvalue weighted by molar-refractivity contribution is 5.93. The lowest BCUT2D eigenvalue weighted by Gasteiger charge is -2.24. The fourth-order valence-corrected chi connectivity index (χ4v) is 2.58. The number of unbranched alkanes of at least 4 members (excludes halogenated alkanes) is 1. The van der Waals surface area contributed by atoms with E-state index in [0.717, 1.165) is 36.4 Å². The van der Waals surface area contributed by atoms with Crippen LogP contribution in [0.15, 0.2) is 41.2 Å². The van der Waals surface area contributed by atoms with Gasteiger partial charge in [-0.1, -0.05) is 19.4 Å². The molecule has 1 aliphatic rings. The van der Waals surface area contributed by atoms with Crippen molar-refractivity contribution in [3.8, 4) is 11.5 Å². The minimum absolute atomic E-state index is 0.0120. The van der Waals surface area contributed by atoms with Crippen LogP contribution in [-0.4, -0.2) is 30.6 Å². The zero-order valence-corrected chi connectivity index (χ0v) is 13.3. The first-order chi connectivity index (χ1) is 11.3. The van der Waals surface area contributed by atoms with E-state index in [0.29, 0.717) is 25.3 Å². The Labute approximate surface area is 135 Å². The first kappa shape index (κ1) is 15.5. The molecule has 5 nitrogen and oxygen atoms in total. The molecule has 1 aromatic heterocycles. The van der Waals surface area contributed by atoms with Gasteiger partial charge in [0.15, 0.2) is 11.5 Å². The molecule has 0 atom stereocenters. The number of nitrogens with zero attached hydrogens (tertiary/aromatic N) is 1. The van der Waals surface area contributed by atoms with E-state index in [1.807, 2.05) is 23.1 Å². The average Bonchev–Trinajstić information content (AvgIpc) is 3.12. The summed E-state index contributed by atoms with van der Waals surface area (Å²) in [5.74, 6) is 1.50. The molecule has 1 aromatic carbocycles. The number of amides is 1. The number of benzene rings is 1. The van der Waals surface area contributed by atoms with Crippen LogP contribution in [0.1, 0.15) is 35.7 Å². The van der Waals surface area contributed by atoms with Gasteiger partial charge < -0.3 is 18.8 Å². The van der Waals surface area contributed by atoms with Gasteiger partial charge >= 0.3 is 0 Å². The summed E-state index contributed by atoms with van der Waals surface area (Å²) in [7, 11) is 0. The van der Waals surface area contributed by atoms with Gasteiger partial charge in [-0.25, -0.2) is 0 Å². The van der Waals surface area contributed by atoms with Crippen LogP contribution in [0.4, 0.5) is 0 Å². The van der Waals surface area contributed by atoms with Crippen LogP contribution in [0.3, 0.4) is 0 Å². The molecule has 2 heterocycles. The van der Waals surface area contributed by atoms with Crippen molar-refractivity contribution >= 4 is 5.91 Å². The summed E-state index contributed by atoms with van der Waals surface area (Å²) >= 11 is 0. The Bertz CT molecular complexity index is 651. The molecule has 0 aliphatic carbocycles. The predicted octanol–water partition coefficient (Wildman–Crippen LogP) is 3.49. The van der Waals surface area contributed by atoms with Crippen molar-refractivity contribution in [2.45, 2.75) is 26.3 Å². The van der Waals surface area contributed by atoms with Crippen molar-refractivity contribution in [2.24, 2.45) is 0 Å². The first-order valence-corrected chi connectivity index (χ1v) is 7.98. The lowest BCUT2D eigenvalue weighted by atomic mass is 10.1. The number of hydrogen-bond acceptors (Lipinski definition) is 4. The van der Waals surface area contributed by atoms with Crippen molar-refractivity contribution in [3.63, 3.8) is 0 Å². The van der Waals surface area contributed by atoms with Crippen LogP contribution >= 0.6 is 0 Å². The van der Waals surface area contributed by atoms with E-state index >= 15 is 0 Å². The zero-order valence-electron chi connectivity index (χ0n) is 13.3. The second-order valence-electron chi connectivity index (χ2n) is 5.57. The van der Waals surface area contributed by atoms with E-state index in [2.05, 4.69) is 6.92 Å². The smallest absolute Gasteiger partial charge is 0.257 e. The maximum Gasteiger partial charge on any atom is 0.257 e. The van der Waals surface area contributed by atoms with E-state index in [4.69, 9.17) is 13.9 Å². The fourth-order valence-electron chi connectivity index (χ4n) is 2.58. The third kappa shape index (κ3) is 3.67. The molecule has 122 valence electrons. The van der Waals surface area contributed by atoms with E-state index in [-0.39, 0.29) is 5.91 Å².